The van der Waals surface area contributed by atoms with E-state index < -0.39 is 0 Å². The molecule has 2 aromatic rings. The van der Waals surface area contributed by atoms with Gasteiger partial charge in [0.1, 0.15) is 0 Å². The van der Waals surface area contributed by atoms with Crippen LogP contribution in [0.1, 0.15) is 29.7 Å². The van der Waals surface area contributed by atoms with Gasteiger partial charge in [0.05, 0.1) is 10.7 Å². The zero-order valence-corrected chi connectivity index (χ0v) is 13.2. The summed E-state index contributed by atoms with van der Waals surface area (Å²) in [6.07, 6.45) is 0. The van der Waals surface area contributed by atoms with Crippen LogP contribution in [0.5, 0.6) is 0 Å². The van der Waals surface area contributed by atoms with Crippen LogP contribution in [-0.2, 0) is 0 Å². The molecule has 1 unspecified atom stereocenters. The fraction of sp³-hybridized carbons (Fsp3) is 0.294. The molecule has 0 fully saturated rings. The SMILES string of the molecule is Cc1cc(C)cc(N(C)c2ccc(C(C)N)cc2Cl)c1. The molecule has 0 aliphatic heterocycles. The molecule has 0 spiro atoms. The summed E-state index contributed by atoms with van der Waals surface area (Å²) in [5.41, 5.74) is 11.6. The molecule has 2 nitrogen and oxygen atoms in total. The molecule has 0 aliphatic carbocycles. The molecule has 0 aromatic heterocycles. The zero-order valence-electron chi connectivity index (χ0n) is 12.4. The number of halogens is 1. The van der Waals surface area contributed by atoms with E-state index in [0.29, 0.717) is 0 Å². The van der Waals surface area contributed by atoms with Crippen LogP contribution in [0.15, 0.2) is 36.4 Å². The fourth-order valence-corrected chi connectivity index (χ4v) is 2.68. The lowest BCUT2D eigenvalue weighted by molar-refractivity contribution is 0.818. The summed E-state index contributed by atoms with van der Waals surface area (Å²) in [7, 11) is 2.03. The van der Waals surface area contributed by atoms with Crippen LogP contribution in [-0.4, -0.2) is 7.05 Å². The predicted octanol–water partition coefficient (Wildman–Crippen LogP) is 4.74. The average molecular weight is 289 g/mol. The van der Waals surface area contributed by atoms with Gasteiger partial charge in [0, 0.05) is 18.8 Å². The second-order valence-electron chi connectivity index (χ2n) is 5.40. The molecule has 2 aromatic carbocycles. The van der Waals surface area contributed by atoms with Crippen LogP contribution in [0, 0.1) is 13.8 Å². The first-order valence-electron chi connectivity index (χ1n) is 6.75. The Hall–Kier alpha value is -1.51. The lowest BCUT2D eigenvalue weighted by Crippen LogP contribution is -2.11. The van der Waals surface area contributed by atoms with Crippen LogP contribution < -0.4 is 10.6 Å². The molecule has 0 bridgehead atoms. The number of anilines is 2. The largest absolute Gasteiger partial charge is 0.343 e. The monoisotopic (exact) mass is 288 g/mol. The number of hydrogen-bond donors (Lipinski definition) is 1. The topological polar surface area (TPSA) is 29.3 Å². The number of hydrogen-bond acceptors (Lipinski definition) is 2. The molecule has 0 saturated heterocycles. The highest BCUT2D eigenvalue weighted by molar-refractivity contribution is 6.33. The van der Waals surface area contributed by atoms with E-state index in [1.165, 1.54) is 11.1 Å². The Morgan fingerprint density at radius 1 is 1.05 bits per heavy atom. The van der Waals surface area contributed by atoms with Crippen molar-refractivity contribution in [3.05, 3.63) is 58.1 Å². The lowest BCUT2D eigenvalue weighted by atomic mass is 10.1. The standard InChI is InChI=1S/C17H21ClN2/c1-11-7-12(2)9-15(8-11)20(4)17-6-5-14(13(3)19)10-16(17)18/h5-10,13H,19H2,1-4H3. The third-order valence-electron chi connectivity index (χ3n) is 3.45. The van der Waals surface area contributed by atoms with E-state index in [1.807, 2.05) is 32.2 Å². The number of rotatable bonds is 3. The van der Waals surface area contributed by atoms with E-state index in [-0.39, 0.29) is 6.04 Å². The lowest BCUT2D eigenvalue weighted by Gasteiger charge is -2.22. The molecule has 106 valence electrons. The quantitative estimate of drug-likeness (QED) is 0.883. The Balaban J connectivity index is 2.40. The van der Waals surface area contributed by atoms with Crippen molar-refractivity contribution in [2.45, 2.75) is 26.8 Å². The van der Waals surface area contributed by atoms with E-state index in [1.54, 1.807) is 0 Å². The maximum Gasteiger partial charge on any atom is 0.0646 e. The van der Waals surface area contributed by atoms with Crippen LogP contribution in [0.2, 0.25) is 5.02 Å². The van der Waals surface area contributed by atoms with Gasteiger partial charge in [-0.3, -0.25) is 0 Å². The third kappa shape index (κ3) is 3.14. The first kappa shape index (κ1) is 14.9. The first-order valence-corrected chi connectivity index (χ1v) is 7.13. The van der Waals surface area contributed by atoms with Gasteiger partial charge >= 0.3 is 0 Å². The van der Waals surface area contributed by atoms with Crippen molar-refractivity contribution in [2.75, 3.05) is 11.9 Å². The summed E-state index contributed by atoms with van der Waals surface area (Å²) in [6, 6.07) is 12.5. The second kappa shape index (κ2) is 5.86. The van der Waals surface area contributed by atoms with Crippen molar-refractivity contribution in [1.29, 1.82) is 0 Å². The molecule has 20 heavy (non-hydrogen) atoms. The van der Waals surface area contributed by atoms with Crippen LogP contribution in [0.25, 0.3) is 0 Å². The number of nitrogens with zero attached hydrogens (tertiary/aromatic N) is 1. The summed E-state index contributed by atoms with van der Waals surface area (Å²) in [4.78, 5) is 2.10. The molecule has 2 N–H and O–H groups in total. The van der Waals surface area contributed by atoms with E-state index in [2.05, 4.69) is 36.9 Å². The maximum absolute atomic E-state index is 6.40. The molecule has 3 heteroatoms. The molecule has 0 amide bonds. The van der Waals surface area contributed by atoms with Crippen molar-refractivity contribution in [3.8, 4) is 0 Å². The van der Waals surface area contributed by atoms with Gasteiger partial charge in [-0.1, -0.05) is 23.7 Å². The summed E-state index contributed by atoms with van der Waals surface area (Å²) in [5.74, 6) is 0. The smallest absolute Gasteiger partial charge is 0.0646 e. The normalized spacial score (nSPS) is 12.3. The van der Waals surface area contributed by atoms with E-state index >= 15 is 0 Å². The van der Waals surface area contributed by atoms with Crippen molar-refractivity contribution in [2.24, 2.45) is 5.73 Å². The van der Waals surface area contributed by atoms with Gasteiger partial charge in [0.15, 0.2) is 0 Å². The average Bonchev–Trinajstić information content (AvgIpc) is 2.36. The van der Waals surface area contributed by atoms with E-state index in [4.69, 9.17) is 17.3 Å². The summed E-state index contributed by atoms with van der Waals surface area (Å²) in [6.45, 7) is 6.16. The Morgan fingerprint density at radius 2 is 1.65 bits per heavy atom. The molecule has 0 heterocycles. The Labute approximate surface area is 126 Å². The summed E-state index contributed by atoms with van der Waals surface area (Å²) >= 11 is 6.40. The molecule has 2 rings (SSSR count). The third-order valence-corrected chi connectivity index (χ3v) is 3.76. The van der Waals surface area contributed by atoms with Crippen LogP contribution in [0.3, 0.4) is 0 Å². The number of benzene rings is 2. The molecular formula is C17H21ClN2. The van der Waals surface area contributed by atoms with Gasteiger partial charge < -0.3 is 10.6 Å². The van der Waals surface area contributed by atoms with Crippen molar-refractivity contribution >= 4 is 23.0 Å². The zero-order chi connectivity index (χ0) is 14.9. The van der Waals surface area contributed by atoms with Crippen molar-refractivity contribution in [1.82, 2.24) is 0 Å². The maximum atomic E-state index is 6.40. The molecule has 0 aliphatic rings. The number of aryl methyl sites for hydroxylation is 2. The van der Waals surface area contributed by atoms with Gasteiger partial charge in [-0.2, -0.15) is 0 Å². The molecule has 0 radical (unpaired) electrons. The Kier molecular flexibility index (Phi) is 4.36. The van der Waals surface area contributed by atoms with Crippen molar-refractivity contribution < 1.29 is 0 Å². The Bertz CT molecular complexity index is 600. The van der Waals surface area contributed by atoms with Gasteiger partial charge in [-0.15, -0.1) is 0 Å². The molecule has 0 saturated carbocycles. The minimum absolute atomic E-state index is 0.00642. The number of nitrogens with two attached hydrogens (primary N) is 1. The summed E-state index contributed by atoms with van der Waals surface area (Å²) < 4.78 is 0. The van der Waals surface area contributed by atoms with Gasteiger partial charge in [-0.25, -0.2) is 0 Å². The van der Waals surface area contributed by atoms with Gasteiger partial charge in [0.2, 0.25) is 0 Å². The van der Waals surface area contributed by atoms with Crippen molar-refractivity contribution in [3.63, 3.8) is 0 Å². The minimum atomic E-state index is -0.00642. The Morgan fingerprint density at radius 3 is 2.15 bits per heavy atom. The predicted molar refractivity (Wildman–Crippen MR) is 88.0 cm³/mol. The van der Waals surface area contributed by atoms with Gasteiger partial charge in [-0.05, 0) is 61.7 Å². The molecular weight excluding hydrogens is 268 g/mol. The highest BCUT2D eigenvalue weighted by Gasteiger charge is 2.11. The first-order chi connectivity index (χ1) is 9.38. The highest BCUT2D eigenvalue weighted by atomic mass is 35.5. The fourth-order valence-electron chi connectivity index (χ4n) is 2.36. The van der Waals surface area contributed by atoms with Crippen LogP contribution in [0.4, 0.5) is 11.4 Å². The minimum Gasteiger partial charge on any atom is -0.343 e. The highest BCUT2D eigenvalue weighted by Crippen LogP contribution is 2.33. The molecule has 1 atom stereocenters. The van der Waals surface area contributed by atoms with Gasteiger partial charge in [0.25, 0.3) is 0 Å². The summed E-state index contributed by atoms with van der Waals surface area (Å²) in [5, 5.41) is 0.724. The van der Waals surface area contributed by atoms with Crippen LogP contribution >= 0.6 is 11.6 Å². The van der Waals surface area contributed by atoms with E-state index in [0.717, 1.165) is 22.0 Å². The van der Waals surface area contributed by atoms with E-state index in [9.17, 15) is 0 Å². The second-order valence-corrected chi connectivity index (χ2v) is 5.81.